The van der Waals surface area contributed by atoms with E-state index in [4.69, 9.17) is 4.74 Å². The Balaban J connectivity index is 0.00000364. The minimum atomic E-state index is -1.08. The van der Waals surface area contributed by atoms with Gasteiger partial charge in [0.05, 0.1) is 6.61 Å². The van der Waals surface area contributed by atoms with Crippen LogP contribution in [0.25, 0.3) is 0 Å². The number of aryl methyl sites for hydroxylation is 1. The fourth-order valence-corrected chi connectivity index (χ4v) is 2.88. The maximum Gasteiger partial charge on any atom is 0.335 e. The first-order chi connectivity index (χ1) is 12.8. The second-order valence-corrected chi connectivity index (χ2v) is 6.61. The minimum Gasteiger partial charge on any atom is -1.00 e. The van der Waals surface area contributed by atoms with Crippen LogP contribution in [0.4, 0.5) is 0 Å². The first-order valence-electron chi connectivity index (χ1n) is 9.58. The fraction of sp³-hybridized carbons (Fsp3) is 0.455. The van der Waals surface area contributed by atoms with Crippen LogP contribution < -0.4 is 28.5 Å². The largest absolute Gasteiger partial charge is 1.00 e. The number of benzene rings is 1. The Hall–Kier alpha value is -1.47. The smallest absolute Gasteiger partial charge is 0.335 e. The van der Waals surface area contributed by atoms with Crippen molar-refractivity contribution in [2.24, 2.45) is 0 Å². The number of nitrogens with zero attached hydrogens (tertiary/aromatic N) is 1. The van der Waals surface area contributed by atoms with E-state index in [1.807, 2.05) is 36.4 Å². The molecule has 0 aliphatic rings. The molecule has 1 aromatic carbocycles. The summed E-state index contributed by atoms with van der Waals surface area (Å²) >= 11 is 0. The van der Waals surface area contributed by atoms with Crippen LogP contribution in [0.2, 0.25) is 0 Å². The van der Waals surface area contributed by atoms with Gasteiger partial charge in [0, 0.05) is 25.0 Å². The second kappa shape index (κ2) is 14.6. The van der Waals surface area contributed by atoms with Crippen molar-refractivity contribution in [1.82, 2.24) is 0 Å². The average molecular weight is 483 g/mol. The highest BCUT2D eigenvalue weighted by atomic mass is 127. The highest BCUT2D eigenvalue weighted by Crippen LogP contribution is 2.07. The number of aliphatic hydroxyl groups excluding tert-OH is 1. The predicted octanol–water partition coefficient (Wildman–Crippen LogP) is 0.466. The molecule has 27 heavy (non-hydrogen) atoms. The van der Waals surface area contributed by atoms with Crippen molar-refractivity contribution < 1.29 is 43.2 Å². The number of rotatable bonds is 12. The van der Waals surface area contributed by atoms with Gasteiger partial charge < -0.3 is 33.8 Å². The van der Waals surface area contributed by atoms with Gasteiger partial charge in [-0.1, -0.05) is 55.7 Å². The molecule has 0 aliphatic heterocycles. The summed E-state index contributed by atoms with van der Waals surface area (Å²) in [6, 6.07) is 15.6. The Kier molecular flexibility index (Phi) is 12.7. The van der Waals surface area contributed by atoms with Crippen molar-refractivity contribution in [1.29, 1.82) is 0 Å². The van der Waals surface area contributed by atoms with E-state index in [2.05, 4.69) is 29.1 Å². The van der Waals surface area contributed by atoms with Crippen molar-refractivity contribution in [3.05, 3.63) is 66.5 Å². The zero-order valence-corrected chi connectivity index (χ0v) is 18.0. The molecular weight excluding hydrogens is 453 g/mol. The van der Waals surface area contributed by atoms with Gasteiger partial charge in [0.2, 0.25) is 0 Å². The Morgan fingerprint density at radius 1 is 0.889 bits per heavy atom. The molecule has 1 N–H and O–H groups in total. The lowest BCUT2D eigenvalue weighted by Gasteiger charge is -2.10. The summed E-state index contributed by atoms with van der Waals surface area (Å²) in [6.45, 7) is 1.46. The van der Waals surface area contributed by atoms with Gasteiger partial charge in [-0.3, -0.25) is 0 Å². The van der Waals surface area contributed by atoms with E-state index in [1.165, 1.54) is 19.3 Å². The first kappa shape index (κ1) is 23.6. The molecule has 2 rings (SSSR count). The lowest BCUT2D eigenvalue weighted by Crippen LogP contribution is -3.00. The molecule has 4 nitrogen and oxygen atoms in total. The van der Waals surface area contributed by atoms with Crippen LogP contribution >= 0.6 is 0 Å². The number of pyridine rings is 1. The van der Waals surface area contributed by atoms with Gasteiger partial charge in [0.25, 0.3) is 0 Å². The standard InChI is InChI=1S/C22H30NO3.HI/c24-21(19-20-13-7-5-8-14-20)22(25)26-18-12-4-2-1-3-9-15-23-16-10-6-11-17-23;/h5-8,10-11,13-14,16-17,21,24H,1-4,9,12,15,18-19H2;1H/q+1;/p-1/t21-;/m1./s1. The molecule has 0 amide bonds. The van der Waals surface area contributed by atoms with E-state index in [0.717, 1.165) is 31.4 Å². The number of unbranched alkanes of at least 4 members (excludes halogenated alkanes) is 5. The molecule has 0 bridgehead atoms. The predicted molar refractivity (Wildman–Crippen MR) is 101 cm³/mol. The summed E-state index contributed by atoms with van der Waals surface area (Å²) in [5.74, 6) is -0.520. The van der Waals surface area contributed by atoms with Crippen LogP contribution in [0.3, 0.4) is 0 Å². The van der Waals surface area contributed by atoms with E-state index >= 15 is 0 Å². The number of aromatic nitrogens is 1. The Bertz CT molecular complexity index is 622. The Morgan fingerprint density at radius 2 is 1.48 bits per heavy atom. The number of hydrogen-bond donors (Lipinski definition) is 1. The maximum atomic E-state index is 11.8. The van der Waals surface area contributed by atoms with Gasteiger partial charge in [-0.05, 0) is 18.4 Å². The normalized spacial score (nSPS) is 11.4. The molecule has 2 aromatic rings. The van der Waals surface area contributed by atoms with Gasteiger partial charge in [0.15, 0.2) is 18.5 Å². The van der Waals surface area contributed by atoms with Gasteiger partial charge in [-0.15, -0.1) is 0 Å². The third-order valence-corrected chi connectivity index (χ3v) is 4.38. The summed E-state index contributed by atoms with van der Waals surface area (Å²) in [6.07, 6.45) is 10.1. The molecule has 1 aromatic heterocycles. The van der Waals surface area contributed by atoms with Crippen molar-refractivity contribution in [2.75, 3.05) is 6.61 Å². The first-order valence-corrected chi connectivity index (χ1v) is 9.58. The second-order valence-electron chi connectivity index (χ2n) is 6.61. The Morgan fingerprint density at radius 3 is 2.19 bits per heavy atom. The summed E-state index contributed by atoms with van der Waals surface area (Å²) in [4.78, 5) is 11.8. The van der Waals surface area contributed by atoms with Crippen LogP contribution in [0, 0.1) is 0 Å². The number of ether oxygens (including phenoxy) is 1. The third kappa shape index (κ3) is 10.4. The van der Waals surface area contributed by atoms with E-state index in [-0.39, 0.29) is 24.0 Å². The lowest BCUT2D eigenvalue weighted by atomic mass is 10.1. The Labute approximate surface area is 179 Å². The highest BCUT2D eigenvalue weighted by Gasteiger charge is 2.16. The molecule has 0 fully saturated rings. The molecule has 0 spiro atoms. The number of esters is 1. The molecule has 1 atom stereocenters. The zero-order valence-electron chi connectivity index (χ0n) is 15.8. The highest BCUT2D eigenvalue weighted by molar-refractivity contribution is 5.74. The van der Waals surface area contributed by atoms with Gasteiger partial charge in [-0.2, -0.15) is 0 Å². The summed E-state index contributed by atoms with van der Waals surface area (Å²) in [7, 11) is 0. The SMILES string of the molecule is O=C(OCCCCCCCC[n+]1ccccc1)[C@H](O)Cc1ccccc1.[I-]. The molecule has 1 heterocycles. The number of aliphatic hydroxyl groups is 1. The molecular formula is C22H30INO3. The van der Waals surface area contributed by atoms with Crippen LogP contribution in [-0.4, -0.2) is 23.8 Å². The third-order valence-electron chi connectivity index (χ3n) is 4.38. The van der Waals surface area contributed by atoms with Crippen molar-refractivity contribution >= 4 is 5.97 Å². The molecule has 0 radical (unpaired) electrons. The van der Waals surface area contributed by atoms with E-state index < -0.39 is 12.1 Å². The molecule has 0 aliphatic carbocycles. The molecule has 0 saturated carbocycles. The van der Waals surface area contributed by atoms with Crippen LogP contribution in [0.15, 0.2) is 60.9 Å². The van der Waals surface area contributed by atoms with E-state index in [0.29, 0.717) is 13.0 Å². The number of carbonyl (C=O) groups is 1. The number of hydrogen-bond acceptors (Lipinski definition) is 3. The van der Waals surface area contributed by atoms with Crippen molar-refractivity contribution in [3.63, 3.8) is 0 Å². The zero-order chi connectivity index (χ0) is 18.5. The topological polar surface area (TPSA) is 50.4 Å². The van der Waals surface area contributed by atoms with Gasteiger partial charge in [-0.25, -0.2) is 9.36 Å². The molecule has 0 saturated heterocycles. The van der Waals surface area contributed by atoms with E-state index in [1.54, 1.807) is 0 Å². The van der Waals surface area contributed by atoms with Gasteiger partial charge in [0.1, 0.15) is 6.54 Å². The number of halogens is 1. The van der Waals surface area contributed by atoms with Crippen LogP contribution in [-0.2, 0) is 22.5 Å². The van der Waals surface area contributed by atoms with Gasteiger partial charge >= 0.3 is 5.97 Å². The van der Waals surface area contributed by atoms with Crippen molar-refractivity contribution in [3.8, 4) is 0 Å². The number of carbonyl (C=O) groups excluding carboxylic acids is 1. The molecule has 0 unspecified atom stereocenters. The van der Waals surface area contributed by atoms with Crippen molar-refractivity contribution in [2.45, 2.75) is 57.6 Å². The monoisotopic (exact) mass is 483 g/mol. The quantitative estimate of drug-likeness (QED) is 0.207. The fourth-order valence-electron chi connectivity index (χ4n) is 2.88. The lowest BCUT2D eigenvalue weighted by molar-refractivity contribution is -0.697. The molecule has 148 valence electrons. The summed E-state index contributed by atoms with van der Waals surface area (Å²) < 4.78 is 7.38. The summed E-state index contributed by atoms with van der Waals surface area (Å²) in [5, 5.41) is 9.89. The minimum absolute atomic E-state index is 0. The maximum absolute atomic E-state index is 11.8. The molecule has 5 heteroatoms. The van der Waals surface area contributed by atoms with E-state index in [9.17, 15) is 9.90 Å². The van der Waals surface area contributed by atoms with Crippen LogP contribution in [0.5, 0.6) is 0 Å². The van der Waals surface area contributed by atoms with Crippen LogP contribution in [0.1, 0.15) is 44.1 Å². The summed E-state index contributed by atoms with van der Waals surface area (Å²) in [5.41, 5.74) is 0.936. The average Bonchev–Trinajstić information content (AvgIpc) is 2.68.